The van der Waals surface area contributed by atoms with E-state index in [1.165, 1.54) is 11.3 Å². The van der Waals surface area contributed by atoms with Crippen LogP contribution in [0.1, 0.15) is 110 Å². The van der Waals surface area contributed by atoms with Gasteiger partial charge < -0.3 is 30.3 Å². The Morgan fingerprint density at radius 3 is 2.56 bits per heavy atom. The van der Waals surface area contributed by atoms with Crippen LogP contribution in [0.3, 0.4) is 0 Å². The number of carbonyl (C=O) groups is 1. The molecule has 2 bridgehead atoms. The van der Waals surface area contributed by atoms with Crippen LogP contribution in [0.5, 0.6) is 0 Å². The Bertz CT molecular complexity index is 1230. The first-order chi connectivity index (χ1) is 21.3. The molecule has 1 aliphatic heterocycles. The van der Waals surface area contributed by atoms with Gasteiger partial charge >= 0.3 is 5.97 Å². The first-order valence-corrected chi connectivity index (χ1v) is 17.1. The maximum Gasteiger partial charge on any atom is 0.334 e. The number of rotatable bonds is 11. The van der Waals surface area contributed by atoms with Gasteiger partial charge in [0, 0.05) is 35.6 Å². The van der Waals surface area contributed by atoms with Crippen molar-refractivity contribution in [2.45, 2.75) is 136 Å². The van der Waals surface area contributed by atoms with Crippen LogP contribution in [0.4, 0.5) is 0 Å². The largest absolute Gasteiger partial charge is 0.456 e. The van der Waals surface area contributed by atoms with Crippen LogP contribution >= 0.6 is 11.3 Å². The van der Waals surface area contributed by atoms with Crippen molar-refractivity contribution in [3.05, 3.63) is 68.8 Å². The zero-order valence-electron chi connectivity index (χ0n) is 28.0. The van der Waals surface area contributed by atoms with E-state index in [-0.39, 0.29) is 18.8 Å². The summed E-state index contributed by atoms with van der Waals surface area (Å²) in [6.45, 7) is 13.0. The zero-order valence-corrected chi connectivity index (χ0v) is 28.8. The van der Waals surface area contributed by atoms with Crippen LogP contribution in [0.2, 0.25) is 0 Å². The Morgan fingerprint density at radius 1 is 1.18 bits per heavy atom. The normalized spacial score (nSPS) is 25.5. The first-order valence-electron chi connectivity index (χ1n) is 16.2. The Balaban J connectivity index is 2.49. The molecular weight excluding hydrogens is 590 g/mol. The Labute approximate surface area is 273 Å². The number of esters is 1. The topological polar surface area (TPSA) is 140 Å². The lowest BCUT2D eigenvalue weighted by molar-refractivity contribution is -0.158. The Kier molecular flexibility index (Phi) is 16.6. The van der Waals surface area contributed by atoms with Crippen molar-refractivity contribution in [2.24, 2.45) is 5.92 Å². The van der Waals surface area contributed by atoms with Crippen molar-refractivity contribution in [3.8, 4) is 0 Å². The van der Waals surface area contributed by atoms with Gasteiger partial charge in [0.05, 0.1) is 35.1 Å². The predicted octanol–water partition coefficient (Wildman–Crippen LogP) is 6.16. The zero-order chi connectivity index (χ0) is 33.7. The minimum Gasteiger partial charge on any atom is -0.456 e. The van der Waals surface area contributed by atoms with E-state index in [2.05, 4.69) is 11.9 Å². The van der Waals surface area contributed by atoms with E-state index >= 15 is 0 Å². The number of hydrogen-bond acceptors (Lipinski definition) is 9. The molecule has 0 aromatic carbocycles. The van der Waals surface area contributed by atoms with Crippen molar-refractivity contribution >= 4 is 23.4 Å². The number of fused-ring (bicyclic) bond motifs is 2. The van der Waals surface area contributed by atoms with E-state index in [1.54, 1.807) is 38.2 Å². The first kappa shape index (κ1) is 38.8. The van der Waals surface area contributed by atoms with Crippen LogP contribution < -0.4 is 0 Å². The molecule has 8 nitrogen and oxygen atoms in total. The molecule has 8 unspecified atom stereocenters. The van der Waals surface area contributed by atoms with E-state index in [1.807, 2.05) is 45.2 Å². The van der Waals surface area contributed by atoms with E-state index in [0.29, 0.717) is 28.3 Å². The lowest BCUT2D eigenvalue weighted by Crippen LogP contribution is -2.46. The van der Waals surface area contributed by atoms with Crippen molar-refractivity contribution < 1.29 is 35.1 Å². The van der Waals surface area contributed by atoms with Gasteiger partial charge in [-0.1, -0.05) is 81.6 Å². The van der Waals surface area contributed by atoms with Crippen LogP contribution in [-0.4, -0.2) is 73.1 Å². The lowest BCUT2D eigenvalue weighted by Gasteiger charge is -2.32. The molecule has 1 aromatic heterocycles. The smallest absolute Gasteiger partial charge is 0.334 e. The molecule has 1 aromatic rings. The average Bonchev–Trinajstić information content (AvgIpc) is 3.49. The number of hydrogen-bond donors (Lipinski definition) is 5. The molecule has 252 valence electrons. The number of unbranched alkanes of at least 4 members (excludes halogenated alkanes) is 3. The van der Waals surface area contributed by atoms with Gasteiger partial charge in [-0.25, -0.2) is 9.78 Å². The molecule has 1 aliphatic rings. The van der Waals surface area contributed by atoms with Gasteiger partial charge in [0.25, 0.3) is 0 Å². The van der Waals surface area contributed by atoms with E-state index < -0.39 is 48.5 Å². The van der Waals surface area contributed by atoms with Crippen molar-refractivity contribution in [1.82, 2.24) is 4.98 Å². The molecule has 9 heteroatoms. The van der Waals surface area contributed by atoms with Crippen LogP contribution in [0.25, 0.3) is 6.08 Å². The molecule has 2 rings (SSSR count). The van der Waals surface area contributed by atoms with Crippen molar-refractivity contribution in [1.29, 1.82) is 0 Å². The number of allylic oxidation sites excluding steroid dienone is 5. The van der Waals surface area contributed by atoms with Gasteiger partial charge in [-0.15, -0.1) is 11.3 Å². The number of aliphatic hydroxyl groups is 5. The Hall–Kier alpha value is -2.40. The van der Waals surface area contributed by atoms with E-state index in [0.717, 1.165) is 36.8 Å². The average molecular weight is 646 g/mol. The minimum absolute atomic E-state index is 0.0924. The third kappa shape index (κ3) is 12.4. The maximum atomic E-state index is 13.7. The predicted molar refractivity (Wildman–Crippen MR) is 182 cm³/mol. The van der Waals surface area contributed by atoms with Gasteiger partial charge in [-0.3, -0.25) is 0 Å². The second kappa shape index (κ2) is 19.3. The highest BCUT2D eigenvalue weighted by molar-refractivity contribution is 7.09. The van der Waals surface area contributed by atoms with E-state index in [4.69, 9.17) is 4.74 Å². The molecule has 0 radical (unpaired) electrons. The fourth-order valence-electron chi connectivity index (χ4n) is 5.19. The van der Waals surface area contributed by atoms with Crippen molar-refractivity contribution in [3.63, 3.8) is 0 Å². The van der Waals surface area contributed by atoms with Crippen LogP contribution in [0.15, 0.2) is 58.1 Å². The van der Waals surface area contributed by atoms with Gasteiger partial charge in [0.15, 0.2) is 0 Å². The van der Waals surface area contributed by atoms with Gasteiger partial charge in [-0.05, 0) is 52.2 Å². The van der Waals surface area contributed by atoms with E-state index in [9.17, 15) is 30.3 Å². The summed E-state index contributed by atoms with van der Waals surface area (Å²) >= 11 is 1.38. The molecular formula is C36H55NO7S. The summed E-state index contributed by atoms with van der Waals surface area (Å²) in [5, 5.41) is 57.4. The summed E-state index contributed by atoms with van der Waals surface area (Å²) < 4.78 is 5.95. The number of nitrogens with zero attached hydrogens (tertiary/aromatic N) is 1. The van der Waals surface area contributed by atoms with Crippen LogP contribution in [-0.2, 0) is 9.53 Å². The fraction of sp³-hybridized carbons (Fsp3) is 0.611. The fourth-order valence-corrected chi connectivity index (χ4v) is 6.08. The quantitative estimate of drug-likeness (QED) is 0.110. The molecule has 0 amide bonds. The highest BCUT2D eigenvalue weighted by Gasteiger charge is 2.36. The Morgan fingerprint density at radius 2 is 1.89 bits per heavy atom. The molecule has 5 N–H and O–H groups in total. The third-order valence-corrected chi connectivity index (χ3v) is 9.59. The molecule has 0 spiro atoms. The summed E-state index contributed by atoms with van der Waals surface area (Å²) in [5.74, 6) is -1.67. The SMILES string of the molecule is CC=C(C)C=C(C)C(O)C(C)C(O)C(O)C1CC=C(C)C=CC(O)CC(O)C(C)c2nc(cs2)C=C(CCCCCC)C(=O)O1. The third-order valence-electron chi connectivity index (χ3n) is 8.53. The molecule has 0 saturated heterocycles. The van der Waals surface area contributed by atoms with Crippen LogP contribution in [0, 0.1) is 5.92 Å². The summed E-state index contributed by atoms with van der Waals surface area (Å²) in [7, 11) is 0. The number of cyclic esters (lactones) is 1. The summed E-state index contributed by atoms with van der Waals surface area (Å²) in [6, 6.07) is 0. The molecule has 0 saturated carbocycles. The molecule has 45 heavy (non-hydrogen) atoms. The van der Waals surface area contributed by atoms with Gasteiger partial charge in [0.1, 0.15) is 12.2 Å². The maximum absolute atomic E-state index is 13.7. The number of aliphatic hydroxyl groups excluding tert-OH is 5. The number of carbonyl (C=O) groups excluding carboxylic acids is 1. The number of thiazole rings is 1. The summed E-state index contributed by atoms with van der Waals surface area (Å²) in [4.78, 5) is 18.4. The second-order valence-electron chi connectivity index (χ2n) is 12.4. The highest BCUT2D eigenvalue weighted by Crippen LogP contribution is 2.29. The summed E-state index contributed by atoms with van der Waals surface area (Å²) in [5.41, 5.74) is 3.34. The standard InChI is InChI=1S/C36H55NO7S/c1-8-10-11-12-13-27-19-28-21-45-35(37-28)25(6)30(39)20-29(38)16-14-23(4)15-17-31(44-36(27)43)34(42)33(41)26(7)32(40)24(5)18-22(3)9-2/h9,14-16,18-19,21,25-26,29-34,38-42H,8,10-13,17,20H2,1-7H3. The summed E-state index contributed by atoms with van der Waals surface area (Å²) in [6.07, 6.45) is 8.30. The van der Waals surface area contributed by atoms with Gasteiger partial charge in [0.2, 0.25) is 0 Å². The second-order valence-corrected chi connectivity index (χ2v) is 13.3. The van der Waals surface area contributed by atoms with Crippen molar-refractivity contribution in [2.75, 3.05) is 0 Å². The monoisotopic (exact) mass is 645 g/mol. The molecule has 0 fully saturated rings. The minimum atomic E-state index is -1.49. The molecule has 2 heterocycles. The molecule has 8 atom stereocenters. The number of aromatic nitrogens is 1. The highest BCUT2D eigenvalue weighted by atomic mass is 32.1. The molecule has 0 aliphatic carbocycles. The number of ether oxygens (including phenoxy) is 1. The lowest BCUT2D eigenvalue weighted by atomic mass is 9.87. The van der Waals surface area contributed by atoms with Gasteiger partial charge in [-0.2, -0.15) is 0 Å².